The van der Waals surface area contributed by atoms with Crippen LogP contribution in [0.25, 0.3) is 0 Å². The highest BCUT2D eigenvalue weighted by atomic mass is 79.9. The average molecular weight is 327 g/mol. The van der Waals surface area contributed by atoms with Crippen molar-refractivity contribution in [2.75, 3.05) is 5.32 Å². The van der Waals surface area contributed by atoms with Gasteiger partial charge in [0.25, 0.3) is 5.69 Å². The first-order valence-electron chi connectivity index (χ1n) is 6.82. The second kappa shape index (κ2) is 6.37. The zero-order chi connectivity index (χ0) is 13.8. The lowest BCUT2D eigenvalue weighted by Gasteiger charge is -2.32. The first kappa shape index (κ1) is 14.3. The van der Waals surface area contributed by atoms with Crippen molar-refractivity contribution in [3.8, 4) is 0 Å². The van der Waals surface area contributed by atoms with Crippen molar-refractivity contribution in [1.82, 2.24) is 0 Å². The van der Waals surface area contributed by atoms with Gasteiger partial charge in [-0.2, -0.15) is 0 Å². The molecule has 1 aromatic rings. The standard InChI is InChI=1S/C14H19BrN2O2/c1-2-10-5-3-4-6-13(10)16-11-7-8-12(15)14(9-11)17(18)19/h7-10,13,16H,2-6H2,1H3. The Balaban J connectivity index is 2.14. The van der Waals surface area contributed by atoms with E-state index in [1.54, 1.807) is 12.1 Å². The van der Waals surface area contributed by atoms with Crippen molar-refractivity contribution in [2.24, 2.45) is 5.92 Å². The van der Waals surface area contributed by atoms with Gasteiger partial charge in [0, 0.05) is 17.8 Å². The number of nitro groups is 1. The lowest BCUT2D eigenvalue weighted by molar-refractivity contribution is -0.385. The van der Waals surface area contributed by atoms with Gasteiger partial charge in [0.05, 0.1) is 9.40 Å². The van der Waals surface area contributed by atoms with Crippen molar-refractivity contribution in [3.63, 3.8) is 0 Å². The minimum atomic E-state index is -0.354. The molecule has 4 nitrogen and oxygen atoms in total. The minimum absolute atomic E-state index is 0.119. The smallest absolute Gasteiger partial charge is 0.285 e. The van der Waals surface area contributed by atoms with Crippen LogP contribution >= 0.6 is 15.9 Å². The van der Waals surface area contributed by atoms with Gasteiger partial charge in [-0.05, 0) is 46.8 Å². The van der Waals surface area contributed by atoms with Gasteiger partial charge in [0.15, 0.2) is 0 Å². The largest absolute Gasteiger partial charge is 0.382 e. The van der Waals surface area contributed by atoms with Gasteiger partial charge in [-0.25, -0.2) is 0 Å². The zero-order valence-corrected chi connectivity index (χ0v) is 12.6. The fourth-order valence-electron chi connectivity index (χ4n) is 2.84. The van der Waals surface area contributed by atoms with Crippen LogP contribution in [0, 0.1) is 16.0 Å². The molecule has 0 spiro atoms. The summed E-state index contributed by atoms with van der Waals surface area (Å²) in [5.74, 6) is 0.677. The van der Waals surface area contributed by atoms with Gasteiger partial charge in [-0.3, -0.25) is 10.1 Å². The third kappa shape index (κ3) is 3.47. The summed E-state index contributed by atoms with van der Waals surface area (Å²) in [4.78, 5) is 10.6. The highest BCUT2D eigenvalue weighted by Gasteiger charge is 2.24. The number of nitro benzene ring substituents is 1. The van der Waals surface area contributed by atoms with E-state index in [4.69, 9.17) is 0 Å². The number of hydrogen-bond acceptors (Lipinski definition) is 3. The van der Waals surface area contributed by atoms with E-state index in [-0.39, 0.29) is 10.6 Å². The molecule has 0 aromatic heterocycles. The number of rotatable bonds is 4. The van der Waals surface area contributed by atoms with Gasteiger partial charge in [-0.15, -0.1) is 0 Å². The summed E-state index contributed by atoms with van der Waals surface area (Å²) < 4.78 is 0.527. The van der Waals surface area contributed by atoms with Crippen LogP contribution < -0.4 is 5.32 Å². The Morgan fingerprint density at radius 3 is 2.84 bits per heavy atom. The second-order valence-corrected chi connectivity index (χ2v) is 5.98. The quantitative estimate of drug-likeness (QED) is 0.642. The summed E-state index contributed by atoms with van der Waals surface area (Å²) >= 11 is 3.21. The van der Waals surface area contributed by atoms with E-state index in [0.29, 0.717) is 16.4 Å². The second-order valence-electron chi connectivity index (χ2n) is 5.13. The lowest BCUT2D eigenvalue weighted by Crippen LogP contribution is -2.31. The summed E-state index contributed by atoms with van der Waals surface area (Å²) in [7, 11) is 0. The van der Waals surface area contributed by atoms with Gasteiger partial charge in [0.2, 0.25) is 0 Å². The highest BCUT2D eigenvalue weighted by Crippen LogP contribution is 2.32. The van der Waals surface area contributed by atoms with E-state index < -0.39 is 0 Å². The van der Waals surface area contributed by atoms with Crippen LogP contribution in [0.4, 0.5) is 11.4 Å². The molecular weight excluding hydrogens is 308 g/mol. The van der Waals surface area contributed by atoms with Crippen molar-refractivity contribution < 1.29 is 4.92 Å². The molecule has 1 aliphatic carbocycles. The third-order valence-electron chi connectivity index (χ3n) is 3.93. The molecule has 1 aliphatic rings. The van der Waals surface area contributed by atoms with Crippen LogP contribution in [-0.4, -0.2) is 11.0 Å². The molecule has 0 bridgehead atoms. The molecule has 19 heavy (non-hydrogen) atoms. The fraction of sp³-hybridized carbons (Fsp3) is 0.571. The molecule has 0 amide bonds. The van der Waals surface area contributed by atoms with Crippen molar-refractivity contribution >= 4 is 27.3 Å². The maximum Gasteiger partial charge on any atom is 0.285 e. The van der Waals surface area contributed by atoms with Crippen LogP contribution in [0.15, 0.2) is 22.7 Å². The van der Waals surface area contributed by atoms with Gasteiger partial charge in [-0.1, -0.05) is 26.2 Å². The maximum absolute atomic E-state index is 10.9. The van der Waals surface area contributed by atoms with Crippen LogP contribution in [0.2, 0.25) is 0 Å². The molecule has 2 unspecified atom stereocenters. The molecule has 1 fully saturated rings. The highest BCUT2D eigenvalue weighted by molar-refractivity contribution is 9.10. The number of hydrogen-bond donors (Lipinski definition) is 1. The Morgan fingerprint density at radius 2 is 2.16 bits per heavy atom. The number of nitrogens with zero attached hydrogens (tertiary/aromatic N) is 1. The van der Waals surface area contributed by atoms with Gasteiger partial charge >= 0.3 is 0 Å². The Labute approximate surface area is 121 Å². The van der Waals surface area contributed by atoms with Crippen LogP contribution in [0.5, 0.6) is 0 Å². The summed E-state index contributed by atoms with van der Waals surface area (Å²) in [6.07, 6.45) is 6.12. The molecule has 5 heteroatoms. The summed E-state index contributed by atoms with van der Waals surface area (Å²) in [6, 6.07) is 5.70. The molecule has 0 radical (unpaired) electrons. The van der Waals surface area contributed by atoms with E-state index in [0.717, 1.165) is 18.5 Å². The molecule has 1 aromatic carbocycles. The predicted molar refractivity (Wildman–Crippen MR) is 80.5 cm³/mol. The van der Waals surface area contributed by atoms with E-state index in [9.17, 15) is 10.1 Å². The van der Waals surface area contributed by atoms with Gasteiger partial charge < -0.3 is 5.32 Å². The SMILES string of the molecule is CCC1CCCCC1Nc1ccc(Br)c([N+](=O)[O-])c1. The number of benzene rings is 1. The zero-order valence-electron chi connectivity index (χ0n) is 11.1. The van der Waals surface area contributed by atoms with Crippen LogP contribution in [-0.2, 0) is 0 Å². The Morgan fingerprint density at radius 1 is 1.42 bits per heavy atom. The predicted octanol–water partition coefficient (Wildman–Crippen LogP) is 4.74. The van der Waals surface area contributed by atoms with Gasteiger partial charge in [0.1, 0.15) is 0 Å². The number of halogens is 1. The third-order valence-corrected chi connectivity index (χ3v) is 4.60. The molecule has 104 valence electrons. The Kier molecular flexibility index (Phi) is 4.80. The molecule has 1 N–H and O–H groups in total. The average Bonchev–Trinajstić information content (AvgIpc) is 2.41. The first-order valence-corrected chi connectivity index (χ1v) is 7.61. The van der Waals surface area contributed by atoms with E-state index >= 15 is 0 Å². The number of anilines is 1. The lowest BCUT2D eigenvalue weighted by atomic mass is 9.83. The summed E-state index contributed by atoms with van der Waals surface area (Å²) in [5, 5.41) is 14.4. The summed E-state index contributed by atoms with van der Waals surface area (Å²) in [5.41, 5.74) is 0.967. The maximum atomic E-state index is 10.9. The topological polar surface area (TPSA) is 55.2 Å². The molecule has 2 rings (SSSR count). The molecular formula is C14H19BrN2O2. The van der Waals surface area contributed by atoms with E-state index in [1.807, 2.05) is 6.07 Å². The van der Waals surface area contributed by atoms with Crippen molar-refractivity contribution in [2.45, 2.75) is 45.1 Å². The van der Waals surface area contributed by atoms with Crippen LogP contribution in [0.3, 0.4) is 0 Å². The Bertz CT molecular complexity index is 465. The molecule has 0 heterocycles. The molecule has 0 aliphatic heterocycles. The molecule has 2 atom stereocenters. The van der Waals surface area contributed by atoms with Crippen molar-refractivity contribution in [1.29, 1.82) is 0 Å². The fourth-order valence-corrected chi connectivity index (χ4v) is 3.23. The first-order chi connectivity index (χ1) is 9.11. The monoisotopic (exact) mass is 326 g/mol. The molecule has 1 saturated carbocycles. The van der Waals surface area contributed by atoms with E-state index in [2.05, 4.69) is 28.2 Å². The summed E-state index contributed by atoms with van der Waals surface area (Å²) in [6.45, 7) is 2.22. The van der Waals surface area contributed by atoms with Crippen LogP contribution in [0.1, 0.15) is 39.0 Å². The number of nitrogens with one attached hydrogen (secondary N) is 1. The minimum Gasteiger partial charge on any atom is -0.382 e. The molecule has 0 saturated heterocycles. The Hall–Kier alpha value is -1.10. The van der Waals surface area contributed by atoms with Crippen molar-refractivity contribution in [3.05, 3.63) is 32.8 Å². The normalized spacial score (nSPS) is 23.1. The van der Waals surface area contributed by atoms with E-state index in [1.165, 1.54) is 19.3 Å².